The molecule has 0 bridgehead atoms. The number of hydrogen-bond acceptors (Lipinski definition) is 3. The first-order valence-electron chi connectivity index (χ1n) is 9.09. The Morgan fingerprint density at radius 2 is 1.97 bits per heavy atom. The van der Waals surface area contributed by atoms with Gasteiger partial charge in [-0.25, -0.2) is 4.68 Å². The Labute approximate surface area is 169 Å². The number of benzene rings is 1. The van der Waals surface area contributed by atoms with Gasteiger partial charge in [-0.15, -0.1) is 0 Å². The van der Waals surface area contributed by atoms with Gasteiger partial charge in [0.15, 0.2) is 11.5 Å². The van der Waals surface area contributed by atoms with Crippen molar-refractivity contribution in [2.24, 2.45) is 5.92 Å². The molecule has 1 amide bonds. The lowest BCUT2D eigenvalue weighted by atomic mass is 9.97. The fourth-order valence-electron chi connectivity index (χ4n) is 3.46. The number of alkyl halides is 3. The van der Waals surface area contributed by atoms with E-state index in [-0.39, 0.29) is 25.2 Å². The number of halogens is 4. The Morgan fingerprint density at radius 3 is 2.62 bits per heavy atom. The molecule has 29 heavy (non-hydrogen) atoms. The van der Waals surface area contributed by atoms with Crippen LogP contribution in [0.3, 0.4) is 0 Å². The van der Waals surface area contributed by atoms with E-state index in [0.29, 0.717) is 28.6 Å². The van der Waals surface area contributed by atoms with Crippen molar-refractivity contribution in [3.63, 3.8) is 0 Å². The van der Waals surface area contributed by atoms with E-state index in [4.69, 9.17) is 16.0 Å². The van der Waals surface area contributed by atoms with Crippen LogP contribution in [0, 0.1) is 5.92 Å². The summed E-state index contributed by atoms with van der Waals surface area (Å²) in [5.74, 6) is -1.55. The summed E-state index contributed by atoms with van der Waals surface area (Å²) < 4.78 is 46.3. The first-order valence-corrected chi connectivity index (χ1v) is 9.46. The van der Waals surface area contributed by atoms with Gasteiger partial charge in [0.05, 0.1) is 17.9 Å². The predicted octanol–water partition coefficient (Wildman–Crippen LogP) is 5.20. The van der Waals surface area contributed by atoms with Crippen LogP contribution in [0.4, 0.5) is 13.2 Å². The van der Waals surface area contributed by atoms with Crippen molar-refractivity contribution in [1.82, 2.24) is 14.7 Å². The van der Waals surface area contributed by atoms with Gasteiger partial charge >= 0.3 is 6.18 Å². The largest absolute Gasteiger partial charge is 0.463 e. The lowest BCUT2D eigenvalue weighted by Crippen LogP contribution is -2.44. The lowest BCUT2D eigenvalue weighted by Gasteiger charge is -2.33. The summed E-state index contributed by atoms with van der Waals surface area (Å²) in [6.07, 6.45) is -2.49. The minimum Gasteiger partial charge on any atom is -0.463 e. The average Bonchev–Trinajstić information content (AvgIpc) is 3.37. The number of carbonyl (C=O) groups excluding carboxylic acids is 1. The topological polar surface area (TPSA) is 51.3 Å². The molecule has 0 aliphatic carbocycles. The van der Waals surface area contributed by atoms with Crippen molar-refractivity contribution in [2.45, 2.75) is 19.0 Å². The standard InChI is InChI=1S/C20H17ClF3N3O2/c21-14-5-7-15(8-6-14)27-17(18-4-2-10-29-18)11-16(25-27)19(28)26-9-1-3-13(12-26)20(22,23)24/h2,4-8,10-11,13H,1,3,9,12H2/t13-/m1/s1. The maximum Gasteiger partial charge on any atom is 0.393 e. The van der Waals surface area contributed by atoms with Gasteiger partial charge in [0.2, 0.25) is 0 Å². The molecule has 0 radical (unpaired) electrons. The second-order valence-electron chi connectivity index (χ2n) is 6.91. The van der Waals surface area contributed by atoms with Crippen LogP contribution in [-0.2, 0) is 0 Å². The van der Waals surface area contributed by atoms with Crippen molar-refractivity contribution < 1.29 is 22.4 Å². The summed E-state index contributed by atoms with van der Waals surface area (Å²) >= 11 is 5.95. The molecule has 3 aromatic rings. The predicted molar refractivity (Wildman–Crippen MR) is 101 cm³/mol. The first-order chi connectivity index (χ1) is 13.8. The van der Waals surface area contributed by atoms with E-state index in [1.165, 1.54) is 21.9 Å². The van der Waals surface area contributed by atoms with E-state index in [2.05, 4.69) is 5.10 Å². The quantitative estimate of drug-likeness (QED) is 0.581. The molecular formula is C20H17ClF3N3O2. The fourth-order valence-corrected chi connectivity index (χ4v) is 3.58. The number of carbonyl (C=O) groups is 1. The Balaban J connectivity index is 1.68. The highest BCUT2D eigenvalue weighted by Crippen LogP contribution is 2.34. The van der Waals surface area contributed by atoms with Gasteiger partial charge in [0, 0.05) is 24.2 Å². The van der Waals surface area contributed by atoms with Gasteiger partial charge < -0.3 is 9.32 Å². The third-order valence-electron chi connectivity index (χ3n) is 4.94. The van der Waals surface area contributed by atoms with Crippen LogP contribution in [0.5, 0.6) is 0 Å². The number of aromatic nitrogens is 2. The first kappa shape index (κ1) is 19.6. The number of rotatable bonds is 3. The van der Waals surface area contributed by atoms with E-state index < -0.39 is 18.0 Å². The minimum atomic E-state index is -4.32. The van der Waals surface area contributed by atoms with Crippen LogP contribution in [0.25, 0.3) is 17.1 Å². The third kappa shape index (κ3) is 4.03. The Kier molecular flexibility index (Phi) is 5.12. The summed E-state index contributed by atoms with van der Waals surface area (Å²) in [6, 6.07) is 11.8. The average molecular weight is 424 g/mol. The highest BCUT2D eigenvalue weighted by atomic mass is 35.5. The zero-order valence-electron chi connectivity index (χ0n) is 15.2. The van der Waals surface area contributed by atoms with Crippen LogP contribution in [0.2, 0.25) is 5.02 Å². The second-order valence-corrected chi connectivity index (χ2v) is 7.35. The number of hydrogen-bond donors (Lipinski definition) is 0. The molecule has 1 aromatic carbocycles. The molecule has 0 saturated carbocycles. The summed E-state index contributed by atoms with van der Waals surface area (Å²) in [5.41, 5.74) is 1.23. The fraction of sp³-hybridized carbons (Fsp3) is 0.300. The molecule has 1 aliphatic heterocycles. The van der Waals surface area contributed by atoms with E-state index in [0.717, 1.165) is 0 Å². The smallest absolute Gasteiger partial charge is 0.393 e. The third-order valence-corrected chi connectivity index (χ3v) is 5.20. The van der Waals surface area contributed by atoms with E-state index in [1.807, 2.05) is 0 Å². The number of nitrogens with zero attached hydrogens (tertiary/aromatic N) is 3. The molecule has 4 rings (SSSR count). The molecule has 1 fully saturated rings. The zero-order chi connectivity index (χ0) is 20.6. The SMILES string of the molecule is O=C(c1cc(-c2ccco2)n(-c2ccc(Cl)cc2)n1)N1CCC[C@@H](C(F)(F)F)C1. The number of furan rings is 1. The van der Waals surface area contributed by atoms with E-state index >= 15 is 0 Å². The maximum absolute atomic E-state index is 13.1. The normalized spacial score (nSPS) is 17.5. The molecule has 1 aliphatic rings. The molecule has 2 aromatic heterocycles. The van der Waals surface area contributed by atoms with Crippen molar-refractivity contribution in [3.05, 3.63) is 59.4 Å². The summed E-state index contributed by atoms with van der Waals surface area (Å²) in [5, 5.41) is 4.91. The summed E-state index contributed by atoms with van der Waals surface area (Å²) in [6.45, 7) is -0.0818. The van der Waals surface area contributed by atoms with Gasteiger partial charge in [-0.1, -0.05) is 11.6 Å². The summed E-state index contributed by atoms with van der Waals surface area (Å²) in [4.78, 5) is 14.1. The number of piperidine rings is 1. The Hall–Kier alpha value is -2.74. The van der Waals surface area contributed by atoms with Gasteiger partial charge in [-0.05, 0) is 49.2 Å². The molecule has 1 atom stereocenters. The highest BCUT2D eigenvalue weighted by Gasteiger charge is 2.43. The van der Waals surface area contributed by atoms with Gasteiger partial charge in [0.25, 0.3) is 5.91 Å². The molecule has 9 heteroatoms. The molecular weight excluding hydrogens is 407 g/mol. The number of amides is 1. The molecule has 0 spiro atoms. The zero-order valence-corrected chi connectivity index (χ0v) is 16.0. The molecule has 152 valence electrons. The molecule has 1 saturated heterocycles. The van der Waals surface area contributed by atoms with E-state index in [1.54, 1.807) is 36.4 Å². The Morgan fingerprint density at radius 1 is 1.21 bits per heavy atom. The summed E-state index contributed by atoms with van der Waals surface area (Å²) in [7, 11) is 0. The Bertz CT molecular complexity index is 997. The van der Waals surface area contributed by atoms with Crippen LogP contribution < -0.4 is 0 Å². The van der Waals surface area contributed by atoms with Gasteiger partial charge in [-0.2, -0.15) is 18.3 Å². The van der Waals surface area contributed by atoms with Crippen LogP contribution in [0.15, 0.2) is 53.1 Å². The van der Waals surface area contributed by atoms with Gasteiger partial charge in [-0.3, -0.25) is 4.79 Å². The monoisotopic (exact) mass is 423 g/mol. The van der Waals surface area contributed by atoms with Crippen LogP contribution >= 0.6 is 11.6 Å². The van der Waals surface area contributed by atoms with E-state index in [9.17, 15) is 18.0 Å². The number of likely N-dealkylation sites (tertiary alicyclic amines) is 1. The van der Waals surface area contributed by atoms with Crippen molar-refractivity contribution >= 4 is 17.5 Å². The minimum absolute atomic E-state index is 0.0319. The molecule has 0 unspecified atom stereocenters. The second kappa shape index (κ2) is 7.59. The van der Waals surface area contributed by atoms with Crippen molar-refractivity contribution in [3.8, 4) is 17.1 Å². The molecule has 3 heterocycles. The van der Waals surface area contributed by atoms with Crippen LogP contribution in [0.1, 0.15) is 23.3 Å². The van der Waals surface area contributed by atoms with Crippen molar-refractivity contribution in [2.75, 3.05) is 13.1 Å². The molecule has 5 nitrogen and oxygen atoms in total. The molecule has 0 N–H and O–H groups in total. The highest BCUT2D eigenvalue weighted by molar-refractivity contribution is 6.30. The van der Waals surface area contributed by atoms with Crippen LogP contribution in [-0.4, -0.2) is 39.9 Å². The van der Waals surface area contributed by atoms with Gasteiger partial charge in [0.1, 0.15) is 5.69 Å². The lowest BCUT2D eigenvalue weighted by molar-refractivity contribution is -0.184. The van der Waals surface area contributed by atoms with Crippen molar-refractivity contribution in [1.29, 1.82) is 0 Å². The maximum atomic E-state index is 13.1.